The predicted octanol–water partition coefficient (Wildman–Crippen LogP) is 5.75. The van der Waals surface area contributed by atoms with E-state index in [1.165, 1.54) is 28.8 Å². The van der Waals surface area contributed by atoms with Crippen molar-refractivity contribution < 1.29 is 9.72 Å². The Morgan fingerprint density at radius 2 is 1.91 bits per heavy atom. The molecule has 0 saturated carbocycles. The molecule has 1 atom stereocenters. The lowest BCUT2D eigenvalue weighted by Gasteiger charge is -2.38. The van der Waals surface area contributed by atoms with Crippen LogP contribution >= 0.6 is 11.8 Å². The van der Waals surface area contributed by atoms with E-state index in [1.54, 1.807) is 28.6 Å². The van der Waals surface area contributed by atoms with Crippen molar-refractivity contribution in [2.24, 2.45) is 5.41 Å². The van der Waals surface area contributed by atoms with Gasteiger partial charge in [0.2, 0.25) is 11.1 Å². The van der Waals surface area contributed by atoms with Crippen LogP contribution in [0.3, 0.4) is 0 Å². The van der Waals surface area contributed by atoms with Gasteiger partial charge in [-0.05, 0) is 54.5 Å². The average molecular weight is 490 g/mol. The number of nitro benzene ring substituents is 1. The van der Waals surface area contributed by atoms with Gasteiger partial charge >= 0.3 is 0 Å². The minimum atomic E-state index is -0.479. The summed E-state index contributed by atoms with van der Waals surface area (Å²) in [6, 6.07) is 12.3. The summed E-state index contributed by atoms with van der Waals surface area (Å²) in [6.45, 7) is 8.34. The van der Waals surface area contributed by atoms with Gasteiger partial charge in [0.15, 0.2) is 5.78 Å². The maximum atomic E-state index is 13.3. The Bertz CT molecular complexity index is 1370. The summed E-state index contributed by atoms with van der Waals surface area (Å²) in [5.41, 5.74) is 5.82. The summed E-state index contributed by atoms with van der Waals surface area (Å²) in [6.07, 6.45) is 1.16. The smallest absolute Gasteiger partial charge is 0.269 e. The Balaban J connectivity index is 1.53. The number of fused-ring (bicyclic) bond motifs is 1. The van der Waals surface area contributed by atoms with Crippen molar-refractivity contribution >= 4 is 29.2 Å². The number of nitrogens with zero attached hydrogens (tertiary/aromatic N) is 4. The number of allylic oxidation sites excluding steroid dienone is 2. The van der Waals surface area contributed by atoms with Crippen molar-refractivity contribution in [3.05, 3.63) is 86.1 Å². The molecule has 9 heteroatoms. The molecule has 180 valence electrons. The molecule has 1 aromatic heterocycles. The first-order valence-corrected chi connectivity index (χ1v) is 12.5. The lowest BCUT2D eigenvalue weighted by molar-refractivity contribution is -0.384. The normalized spacial score (nSPS) is 18.6. The molecule has 8 nitrogen and oxygen atoms in total. The highest BCUT2D eigenvalue weighted by atomic mass is 32.2. The molecule has 5 rings (SSSR count). The maximum Gasteiger partial charge on any atom is 0.269 e. The summed E-state index contributed by atoms with van der Waals surface area (Å²) in [4.78, 5) is 28.8. The van der Waals surface area contributed by atoms with Crippen molar-refractivity contribution in [1.82, 2.24) is 14.8 Å². The van der Waals surface area contributed by atoms with Gasteiger partial charge in [-0.2, -0.15) is 4.98 Å². The van der Waals surface area contributed by atoms with Crippen LogP contribution in [-0.2, 0) is 10.5 Å². The number of hydrogen-bond donors (Lipinski definition) is 1. The Morgan fingerprint density at radius 1 is 1.17 bits per heavy atom. The molecule has 0 amide bonds. The van der Waals surface area contributed by atoms with Crippen LogP contribution in [0.15, 0.2) is 58.9 Å². The number of Topliss-reactive ketones (excluding diaryl/α,β-unsaturated/α-hetero) is 1. The van der Waals surface area contributed by atoms with E-state index in [-0.39, 0.29) is 16.9 Å². The van der Waals surface area contributed by atoms with Crippen LogP contribution in [0.5, 0.6) is 0 Å². The van der Waals surface area contributed by atoms with E-state index in [9.17, 15) is 14.9 Å². The van der Waals surface area contributed by atoms with E-state index in [0.29, 0.717) is 23.1 Å². The highest BCUT2D eigenvalue weighted by Crippen LogP contribution is 2.45. The largest absolute Gasteiger partial charge is 0.328 e. The molecular weight excluding hydrogens is 462 g/mol. The van der Waals surface area contributed by atoms with Gasteiger partial charge in [-0.25, -0.2) is 4.68 Å². The van der Waals surface area contributed by atoms with E-state index in [2.05, 4.69) is 51.2 Å². The number of ketones is 1. The van der Waals surface area contributed by atoms with Crippen LogP contribution < -0.4 is 5.32 Å². The van der Waals surface area contributed by atoms with Gasteiger partial charge in [0.25, 0.3) is 5.69 Å². The van der Waals surface area contributed by atoms with Crippen LogP contribution in [0.1, 0.15) is 55.0 Å². The zero-order valence-electron chi connectivity index (χ0n) is 20.2. The molecule has 1 aliphatic carbocycles. The molecule has 0 saturated heterocycles. The van der Waals surface area contributed by atoms with Gasteiger partial charge in [-0.1, -0.05) is 49.4 Å². The molecule has 1 aliphatic heterocycles. The molecule has 0 fully saturated rings. The Kier molecular flexibility index (Phi) is 5.75. The summed E-state index contributed by atoms with van der Waals surface area (Å²) < 4.78 is 1.75. The van der Waals surface area contributed by atoms with E-state index in [0.717, 1.165) is 23.4 Å². The summed E-state index contributed by atoms with van der Waals surface area (Å²) in [7, 11) is 0. The fourth-order valence-electron chi connectivity index (χ4n) is 4.84. The number of nitro groups is 1. The minimum Gasteiger partial charge on any atom is -0.328 e. The number of aromatic nitrogens is 3. The van der Waals surface area contributed by atoms with Gasteiger partial charge in [-0.3, -0.25) is 14.9 Å². The number of thioether (sulfide) groups is 1. The first-order chi connectivity index (χ1) is 16.6. The molecule has 0 radical (unpaired) electrons. The summed E-state index contributed by atoms with van der Waals surface area (Å²) >= 11 is 1.55. The lowest BCUT2D eigenvalue weighted by Crippen LogP contribution is -2.36. The van der Waals surface area contributed by atoms with Crippen LogP contribution in [0.25, 0.3) is 0 Å². The second-order valence-electron chi connectivity index (χ2n) is 10.1. The number of hydrogen-bond acceptors (Lipinski definition) is 7. The number of rotatable bonds is 5. The van der Waals surface area contributed by atoms with E-state index in [1.807, 2.05) is 0 Å². The van der Waals surface area contributed by atoms with Gasteiger partial charge < -0.3 is 5.32 Å². The number of benzene rings is 2. The van der Waals surface area contributed by atoms with Gasteiger partial charge in [0.1, 0.15) is 6.04 Å². The second-order valence-corrected chi connectivity index (χ2v) is 11.0. The van der Waals surface area contributed by atoms with Gasteiger partial charge in [-0.15, -0.1) is 5.10 Å². The fraction of sp³-hybridized carbons (Fsp3) is 0.346. The van der Waals surface area contributed by atoms with E-state index in [4.69, 9.17) is 10.1 Å². The highest BCUT2D eigenvalue weighted by Gasteiger charge is 2.42. The van der Waals surface area contributed by atoms with Crippen LogP contribution in [-0.4, -0.2) is 25.5 Å². The molecule has 0 bridgehead atoms. The SMILES string of the molecule is Cc1ccc(C)c(CSc2nc3n(n2)C(c2ccc([N+](=O)[O-])cc2)C2=C(CC(C)(C)CC2=O)N3)c1. The van der Waals surface area contributed by atoms with Crippen molar-refractivity contribution in [3.63, 3.8) is 0 Å². The van der Waals surface area contributed by atoms with Crippen molar-refractivity contribution in [3.8, 4) is 0 Å². The van der Waals surface area contributed by atoms with Crippen LogP contribution in [0, 0.1) is 29.4 Å². The zero-order valence-corrected chi connectivity index (χ0v) is 21.0. The zero-order chi connectivity index (χ0) is 24.9. The number of aryl methyl sites for hydroxylation is 2. The topological polar surface area (TPSA) is 103 Å². The summed E-state index contributed by atoms with van der Waals surface area (Å²) in [5, 5.41) is 20.0. The molecule has 2 heterocycles. The molecular formula is C26H27N5O3S. The Hall–Kier alpha value is -3.46. The number of anilines is 1. The quantitative estimate of drug-likeness (QED) is 0.276. The molecule has 35 heavy (non-hydrogen) atoms. The molecule has 2 aromatic carbocycles. The number of carbonyl (C=O) groups is 1. The van der Waals surface area contributed by atoms with Crippen LogP contribution in [0.4, 0.5) is 11.6 Å². The predicted molar refractivity (Wildman–Crippen MR) is 135 cm³/mol. The molecule has 3 aromatic rings. The van der Waals surface area contributed by atoms with Crippen LogP contribution in [0.2, 0.25) is 0 Å². The van der Waals surface area contributed by atoms with Gasteiger partial charge in [0, 0.05) is 35.6 Å². The number of carbonyl (C=O) groups excluding carboxylic acids is 1. The molecule has 1 N–H and O–H groups in total. The van der Waals surface area contributed by atoms with E-state index >= 15 is 0 Å². The van der Waals surface area contributed by atoms with Crippen molar-refractivity contribution in [1.29, 1.82) is 0 Å². The first kappa shape index (κ1) is 23.3. The van der Waals surface area contributed by atoms with E-state index < -0.39 is 11.0 Å². The number of nitrogens with one attached hydrogen (secondary N) is 1. The number of non-ortho nitro benzene ring substituents is 1. The third kappa shape index (κ3) is 4.48. The third-order valence-electron chi connectivity index (χ3n) is 6.59. The van der Waals surface area contributed by atoms with Crippen molar-refractivity contribution in [2.75, 3.05) is 5.32 Å². The van der Waals surface area contributed by atoms with Gasteiger partial charge in [0.05, 0.1) is 4.92 Å². The average Bonchev–Trinajstić information content (AvgIpc) is 3.20. The standard InChI is InChI=1S/C26H27N5O3S/c1-15-5-6-16(2)18(11-15)14-35-25-28-24-27-20-12-26(3,4)13-21(32)22(20)23(30(24)29-25)17-7-9-19(10-8-17)31(33)34/h5-11,23H,12-14H2,1-4H3,(H,27,28,29). The highest BCUT2D eigenvalue weighted by molar-refractivity contribution is 7.98. The lowest BCUT2D eigenvalue weighted by atomic mass is 9.73. The van der Waals surface area contributed by atoms with Crippen molar-refractivity contribution in [2.45, 2.75) is 57.5 Å². The Morgan fingerprint density at radius 3 is 2.63 bits per heavy atom. The molecule has 1 unspecified atom stereocenters. The first-order valence-electron chi connectivity index (χ1n) is 11.5. The minimum absolute atomic E-state index is 0.0107. The monoisotopic (exact) mass is 489 g/mol. The fourth-order valence-corrected chi connectivity index (χ4v) is 5.73. The third-order valence-corrected chi connectivity index (χ3v) is 7.48. The second kappa shape index (κ2) is 8.64. The summed E-state index contributed by atoms with van der Waals surface area (Å²) in [5.74, 6) is 1.39. The maximum absolute atomic E-state index is 13.3. The molecule has 0 spiro atoms. The Labute approximate surface area is 208 Å². The molecule has 2 aliphatic rings.